The third-order valence-electron chi connectivity index (χ3n) is 5.59. The summed E-state index contributed by atoms with van der Waals surface area (Å²) in [4.78, 5) is 6.87. The van der Waals surface area contributed by atoms with Crippen molar-refractivity contribution in [3.05, 3.63) is 17.8 Å². The van der Waals surface area contributed by atoms with Gasteiger partial charge in [0.05, 0.1) is 24.5 Å². The first-order valence-corrected chi connectivity index (χ1v) is 8.20. The smallest absolute Gasteiger partial charge is 0.191 e. The van der Waals surface area contributed by atoms with E-state index in [1.807, 2.05) is 6.92 Å². The molecule has 4 heterocycles. The zero-order chi connectivity index (χ0) is 15.2. The molecule has 6 nitrogen and oxygen atoms in total. The van der Waals surface area contributed by atoms with Crippen molar-refractivity contribution in [3.8, 4) is 0 Å². The van der Waals surface area contributed by atoms with Crippen LogP contribution in [0.3, 0.4) is 0 Å². The lowest BCUT2D eigenvalue weighted by atomic mass is 9.66. The van der Waals surface area contributed by atoms with Gasteiger partial charge in [-0.2, -0.15) is 0 Å². The highest BCUT2D eigenvalue weighted by atomic mass is 16.5. The normalized spacial score (nSPS) is 39.3. The number of fused-ring (bicyclic) bond motifs is 3. The summed E-state index contributed by atoms with van der Waals surface area (Å²) in [7, 11) is 0. The van der Waals surface area contributed by atoms with E-state index in [1.165, 1.54) is 0 Å². The summed E-state index contributed by atoms with van der Waals surface area (Å²) >= 11 is 0. The van der Waals surface area contributed by atoms with Gasteiger partial charge in [-0.05, 0) is 6.42 Å². The molecule has 0 amide bonds. The van der Waals surface area contributed by atoms with Crippen LogP contribution in [0, 0.1) is 18.8 Å². The van der Waals surface area contributed by atoms with E-state index >= 15 is 0 Å². The lowest BCUT2D eigenvalue weighted by molar-refractivity contribution is -0.221. The Morgan fingerprint density at radius 2 is 2.23 bits per heavy atom. The highest BCUT2D eigenvalue weighted by molar-refractivity contribution is 5.07. The first-order chi connectivity index (χ1) is 10.7. The number of ether oxygens (including phenoxy) is 2. The van der Waals surface area contributed by atoms with E-state index < -0.39 is 5.60 Å². The molecule has 6 heteroatoms. The first-order valence-electron chi connectivity index (χ1n) is 8.20. The SMILES string of the molecule is Cc1nc(CN2C[C@@H]3COCC[C@@]3(O)[C@H]3COCC[C@@H]32)co1. The summed E-state index contributed by atoms with van der Waals surface area (Å²) in [5.74, 6) is 1.02. The number of hydrogen-bond donors (Lipinski definition) is 1. The number of aromatic nitrogens is 1. The van der Waals surface area contributed by atoms with E-state index in [1.54, 1.807) is 6.26 Å². The Labute approximate surface area is 130 Å². The Morgan fingerprint density at radius 3 is 3.05 bits per heavy atom. The number of rotatable bonds is 2. The fourth-order valence-corrected chi connectivity index (χ4v) is 4.44. The van der Waals surface area contributed by atoms with Crippen LogP contribution in [-0.4, -0.2) is 59.6 Å². The van der Waals surface area contributed by atoms with Crippen LogP contribution in [-0.2, 0) is 16.0 Å². The Morgan fingerprint density at radius 1 is 1.36 bits per heavy atom. The molecule has 1 N–H and O–H groups in total. The van der Waals surface area contributed by atoms with Gasteiger partial charge in [-0.1, -0.05) is 0 Å². The van der Waals surface area contributed by atoms with E-state index in [0.717, 1.165) is 38.2 Å². The Bertz CT molecular complexity index is 534. The van der Waals surface area contributed by atoms with E-state index in [9.17, 15) is 5.11 Å². The van der Waals surface area contributed by atoms with Crippen LogP contribution in [0.5, 0.6) is 0 Å². The molecule has 3 saturated heterocycles. The van der Waals surface area contributed by atoms with Gasteiger partial charge < -0.3 is 19.0 Å². The van der Waals surface area contributed by atoms with Gasteiger partial charge in [-0.15, -0.1) is 0 Å². The van der Waals surface area contributed by atoms with Gasteiger partial charge in [-0.3, -0.25) is 4.90 Å². The van der Waals surface area contributed by atoms with Crippen molar-refractivity contribution in [2.75, 3.05) is 33.0 Å². The molecule has 22 heavy (non-hydrogen) atoms. The second-order valence-corrected chi connectivity index (χ2v) is 6.84. The average molecular weight is 308 g/mol. The predicted molar refractivity (Wildman–Crippen MR) is 78.2 cm³/mol. The van der Waals surface area contributed by atoms with Crippen LogP contribution < -0.4 is 0 Å². The minimum absolute atomic E-state index is 0.150. The molecule has 4 atom stereocenters. The average Bonchev–Trinajstić information content (AvgIpc) is 2.94. The summed E-state index contributed by atoms with van der Waals surface area (Å²) in [6, 6.07) is 0.352. The zero-order valence-corrected chi connectivity index (χ0v) is 13.0. The summed E-state index contributed by atoms with van der Waals surface area (Å²) in [5.41, 5.74) is 0.324. The minimum Gasteiger partial charge on any atom is -0.449 e. The molecule has 0 unspecified atom stereocenters. The van der Waals surface area contributed by atoms with Crippen LogP contribution in [0.4, 0.5) is 0 Å². The molecule has 122 valence electrons. The molecule has 0 saturated carbocycles. The van der Waals surface area contributed by atoms with Crippen molar-refractivity contribution in [2.45, 2.75) is 38.0 Å². The Balaban J connectivity index is 1.59. The van der Waals surface area contributed by atoms with Gasteiger partial charge in [-0.25, -0.2) is 4.98 Å². The maximum Gasteiger partial charge on any atom is 0.191 e. The van der Waals surface area contributed by atoms with Gasteiger partial charge in [0.1, 0.15) is 6.26 Å². The number of aryl methyl sites for hydroxylation is 1. The monoisotopic (exact) mass is 308 g/mol. The Hall–Kier alpha value is -0.950. The molecule has 3 aliphatic rings. The van der Waals surface area contributed by atoms with Gasteiger partial charge in [0.15, 0.2) is 5.89 Å². The molecule has 0 radical (unpaired) electrons. The van der Waals surface area contributed by atoms with Crippen LogP contribution in [0.25, 0.3) is 0 Å². The molecule has 4 rings (SSSR count). The summed E-state index contributed by atoms with van der Waals surface area (Å²) in [6.07, 6.45) is 3.43. The van der Waals surface area contributed by atoms with Crippen LogP contribution >= 0.6 is 0 Å². The van der Waals surface area contributed by atoms with Crippen LogP contribution in [0.2, 0.25) is 0 Å². The van der Waals surface area contributed by atoms with Gasteiger partial charge in [0.2, 0.25) is 0 Å². The molecular weight excluding hydrogens is 284 g/mol. The van der Waals surface area contributed by atoms with Gasteiger partial charge >= 0.3 is 0 Å². The van der Waals surface area contributed by atoms with Crippen molar-refractivity contribution in [2.24, 2.45) is 11.8 Å². The molecule has 0 spiro atoms. The Kier molecular flexibility index (Phi) is 3.72. The topological polar surface area (TPSA) is 68.0 Å². The molecule has 0 aliphatic carbocycles. The molecule has 3 fully saturated rings. The number of hydrogen-bond acceptors (Lipinski definition) is 6. The van der Waals surface area contributed by atoms with Crippen LogP contribution in [0.15, 0.2) is 10.7 Å². The number of oxazole rings is 1. The third-order valence-corrected chi connectivity index (χ3v) is 5.59. The molecule has 1 aromatic rings. The van der Waals surface area contributed by atoms with E-state index in [4.69, 9.17) is 13.9 Å². The second kappa shape index (κ2) is 5.60. The van der Waals surface area contributed by atoms with Gasteiger partial charge in [0, 0.05) is 57.5 Å². The number of nitrogens with zero attached hydrogens (tertiary/aromatic N) is 2. The fourth-order valence-electron chi connectivity index (χ4n) is 4.44. The highest BCUT2D eigenvalue weighted by Gasteiger charge is 2.55. The minimum atomic E-state index is -0.639. The van der Waals surface area contributed by atoms with Crippen LogP contribution in [0.1, 0.15) is 24.4 Å². The number of aliphatic hydroxyl groups is 1. The maximum absolute atomic E-state index is 11.3. The zero-order valence-electron chi connectivity index (χ0n) is 13.0. The highest BCUT2D eigenvalue weighted by Crippen LogP contribution is 2.44. The van der Waals surface area contributed by atoms with Gasteiger partial charge in [0.25, 0.3) is 0 Å². The largest absolute Gasteiger partial charge is 0.449 e. The number of piperidine rings is 1. The molecule has 0 aromatic carbocycles. The first kappa shape index (κ1) is 14.6. The third kappa shape index (κ3) is 2.38. The second-order valence-electron chi connectivity index (χ2n) is 6.84. The fraction of sp³-hybridized carbons (Fsp3) is 0.812. The summed E-state index contributed by atoms with van der Waals surface area (Å²) in [6.45, 7) is 6.19. The summed E-state index contributed by atoms with van der Waals surface area (Å²) in [5, 5.41) is 11.3. The molecular formula is C16H24N2O4. The molecule has 0 bridgehead atoms. The lowest BCUT2D eigenvalue weighted by Crippen LogP contribution is -2.67. The van der Waals surface area contributed by atoms with E-state index in [2.05, 4.69) is 9.88 Å². The van der Waals surface area contributed by atoms with E-state index in [-0.39, 0.29) is 11.8 Å². The van der Waals surface area contributed by atoms with E-state index in [0.29, 0.717) is 31.8 Å². The predicted octanol–water partition coefficient (Wildman–Crippen LogP) is 0.971. The quantitative estimate of drug-likeness (QED) is 0.878. The lowest BCUT2D eigenvalue weighted by Gasteiger charge is -2.57. The molecule has 3 aliphatic heterocycles. The van der Waals surface area contributed by atoms with Crippen molar-refractivity contribution < 1.29 is 19.0 Å². The van der Waals surface area contributed by atoms with Crippen molar-refractivity contribution in [1.29, 1.82) is 0 Å². The number of likely N-dealkylation sites (tertiary alicyclic amines) is 1. The van der Waals surface area contributed by atoms with Crippen molar-refractivity contribution in [3.63, 3.8) is 0 Å². The summed E-state index contributed by atoms with van der Waals surface area (Å²) < 4.78 is 16.7. The maximum atomic E-state index is 11.3. The standard InChI is InChI=1S/C16H24N2O4/c1-11-17-13(9-22-11)7-18-6-12-8-21-5-3-16(12,19)14-10-20-4-2-15(14)18/h9,12,14-15,19H,2-8,10H2,1H3/t12-,14+,15+,16+/m1/s1. The van der Waals surface area contributed by atoms with Crippen molar-refractivity contribution in [1.82, 2.24) is 9.88 Å². The molecule has 1 aromatic heterocycles. The van der Waals surface area contributed by atoms with Crippen molar-refractivity contribution >= 4 is 0 Å².